The van der Waals surface area contributed by atoms with Crippen LogP contribution in [0.1, 0.15) is 71.6 Å². The largest absolute Gasteiger partial charge is 0.378 e. The highest BCUT2D eigenvalue weighted by Gasteiger charge is 2.40. The van der Waals surface area contributed by atoms with Crippen molar-refractivity contribution in [2.75, 3.05) is 7.11 Å². The summed E-state index contributed by atoms with van der Waals surface area (Å²) in [4.78, 5) is 0. The van der Waals surface area contributed by atoms with E-state index in [4.69, 9.17) is 4.74 Å². The molecular formula is C17H31FOS. The summed E-state index contributed by atoms with van der Waals surface area (Å²) in [6.45, 7) is 4.41. The fourth-order valence-corrected chi connectivity index (χ4v) is 5.48. The summed E-state index contributed by atoms with van der Waals surface area (Å²) in [6.07, 6.45) is 9.27. The van der Waals surface area contributed by atoms with Gasteiger partial charge in [-0.15, -0.1) is 0 Å². The molecule has 0 spiro atoms. The van der Waals surface area contributed by atoms with Crippen LogP contribution in [-0.4, -0.2) is 29.4 Å². The third-order valence-corrected chi connectivity index (χ3v) is 7.45. The number of rotatable bonds is 6. The molecule has 0 aromatic heterocycles. The van der Waals surface area contributed by atoms with Gasteiger partial charge in [-0.3, -0.25) is 0 Å². The fraction of sp³-hybridized carbons (Fsp3) is 1.00. The van der Waals surface area contributed by atoms with Crippen molar-refractivity contribution in [2.24, 2.45) is 5.92 Å². The second-order valence-corrected chi connectivity index (χ2v) is 8.31. The molecule has 1 saturated heterocycles. The summed E-state index contributed by atoms with van der Waals surface area (Å²) in [5.74, 6) is 0.283. The third kappa shape index (κ3) is 3.91. The van der Waals surface area contributed by atoms with Gasteiger partial charge in [0.1, 0.15) is 6.17 Å². The average Bonchev–Trinajstić information content (AvgIpc) is 2.94. The highest BCUT2D eigenvalue weighted by molar-refractivity contribution is 8.00. The Morgan fingerprint density at radius 2 is 1.90 bits per heavy atom. The van der Waals surface area contributed by atoms with E-state index in [1.807, 2.05) is 0 Å². The van der Waals surface area contributed by atoms with Gasteiger partial charge in [0.2, 0.25) is 0 Å². The van der Waals surface area contributed by atoms with E-state index in [9.17, 15) is 4.39 Å². The number of methoxy groups -OCH3 is 1. The maximum atomic E-state index is 14.4. The van der Waals surface area contributed by atoms with Crippen LogP contribution >= 0.6 is 11.8 Å². The van der Waals surface area contributed by atoms with E-state index in [0.29, 0.717) is 6.42 Å². The van der Waals surface area contributed by atoms with Crippen molar-refractivity contribution < 1.29 is 9.13 Å². The Hall–Kier alpha value is 0.240. The summed E-state index contributed by atoms with van der Waals surface area (Å²) in [6, 6.07) is 0. The number of alkyl halides is 1. The van der Waals surface area contributed by atoms with Crippen LogP contribution < -0.4 is 0 Å². The van der Waals surface area contributed by atoms with E-state index in [1.54, 1.807) is 7.11 Å². The topological polar surface area (TPSA) is 9.23 Å². The number of ether oxygens (including phenoxy) is 1. The normalized spacial score (nSPS) is 42.0. The molecule has 2 aliphatic rings. The lowest BCUT2D eigenvalue weighted by atomic mass is 9.74. The van der Waals surface area contributed by atoms with Crippen LogP contribution in [0.5, 0.6) is 0 Å². The fourth-order valence-electron chi connectivity index (χ4n) is 3.92. The Morgan fingerprint density at radius 1 is 1.15 bits per heavy atom. The monoisotopic (exact) mass is 302 g/mol. The van der Waals surface area contributed by atoms with Gasteiger partial charge in [0.05, 0.1) is 5.60 Å². The lowest BCUT2D eigenvalue weighted by Gasteiger charge is -2.40. The Kier molecular flexibility index (Phi) is 6.22. The molecule has 0 radical (unpaired) electrons. The van der Waals surface area contributed by atoms with Crippen LogP contribution in [0.3, 0.4) is 0 Å². The minimum absolute atomic E-state index is 0.175. The third-order valence-electron chi connectivity index (χ3n) is 5.64. The molecule has 2 fully saturated rings. The minimum atomic E-state index is -0.656. The highest BCUT2D eigenvalue weighted by atomic mass is 32.2. The summed E-state index contributed by atoms with van der Waals surface area (Å²) < 4.78 is 20.1. The number of halogens is 1. The quantitative estimate of drug-likeness (QED) is 0.652. The van der Waals surface area contributed by atoms with Gasteiger partial charge in [0.25, 0.3) is 0 Å². The molecule has 1 heterocycles. The van der Waals surface area contributed by atoms with E-state index in [0.717, 1.165) is 36.2 Å². The summed E-state index contributed by atoms with van der Waals surface area (Å²) >= 11 is 2.16. The molecule has 118 valence electrons. The zero-order valence-corrected chi connectivity index (χ0v) is 14.2. The van der Waals surface area contributed by atoms with Gasteiger partial charge in [0, 0.05) is 24.0 Å². The smallest absolute Gasteiger partial charge is 0.106 e. The van der Waals surface area contributed by atoms with Crippen molar-refractivity contribution in [3.63, 3.8) is 0 Å². The maximum absolute atomic E-state index is 14.4. The van der Waals surface area contributed by atoms with Crippen molar-refractivity contribution in [1.29, 1.82) is 0 Å². The van der Waals surface area contributed by atoms with E-state index in [-0.39, 0.29) is 11.5 Å². The highest BCUT2D eigenvalue weighted by Crippen LogP contribution is 2.43. The second-order valence-electron chi connectivity index (χ2n) is 6.70. The van der Waals surface area contributed by atoms with Gasteiger partial charge in [-0.05, 0) is 57.3 Å². The molecule has 1 unspecified atom stereocenters. The zero-order valence-electron chi connectivity index (χ0n) is 13.4. The van der Waals surface area contributed by atoms with Crippen LogP contribution in [0.15, 0.2) is 0 Å². The molecule has 2 rings (SSSR count). The first kappa shape index (κ1) is 16.6. The van der Waals surface area contributed by atoms with Gasteiger partial charge in [0.15, 0.2) is 0 Å². The van der Waals surface area contributed by atoms with Crippen molar-refractivity contribution in [1.82, 2.24) is 0 Å². The second kappa shape index (κ2) is 7.49. The molecule has 0 bridgehead atoms. The number of thioether (sulfide) groups is 1. The Labute approximate surface area is 128 Å². The molecule has 3 heteroatoms. The molecule has 5 atom stereocenters. The first-order valence-electron chi connectivity index (χ1n) is 8.47. The molecule has 0 aromatic rings. The lowest BCUT2D eigenvalue weighted by Crippen LogP contribution is -2.41. The average molecular weight is 302 g/mol. The van der Waals surface area contributed by atoms with E-state index < -0.39 is 6.17 Å². The van der Waals surface area contributed by atoms with Crippen molar-refractivity contribution in [3.05, 3.63) is 0 Å². The van der Waals surface area contributed by atoms with Crippen LogP contribution in [0.25, 0.3) is 0 Å². The summed E-state index contributed by atoms with van der Waals surface area (Å²) in [5.41, 5.74) is -0.175. The predicted molar refractivity (Wildman–Crippen MR) is 86.2 cm³/mol. The molecule has 1 saturated carbocycles. The van der Waals surface area contributed by atoms with Crippen molar-refractivity contribution in [3.8, 4) is 0 Å². The molecule has 1 nitrogen and oxygen atoms in total. The van der Waals surface area contributed by atoms with Crippen LogP contribution in [0, 0.1) is 5.92 Å². The molecular weight excluding hydrogens is 271 g/mol. The summed E-state index contributed by atoms with van der Waals surface area (Å²) in [7, 11) is 1.75. The van der Waals surface area contributed by atoms with Crippen LogP contribution in [-0.2, 0) is 4.74 Å². The molecule has 1 aliphatic carbocycles. The van der Waals surface area contributed by atoms with E-state index >= 15 is 0 Å². The lowest BCUT2D eigenvalue weighted by molar-refractivity contribution is -0.0785. The Morgan fingerprint density at radius 3 is 2.45 bits per heavy atom. The molecule has 0 aromatic carbocycles. The summed E-state index contributed by atoms with van der Waals surface area (Å²) in [5, 5.41) is 1.67. The van der Waals surface area contributed by atoms with Crippen molar-refractivity contribution in [2.45, 2.75) is 93.9 Å². The molecule has 0 N–H and O–H groups in total. The van der Waals surface area contributed by atoms with E-state index in [2.05, 4.69) is 25.6 Å². The van der Waals surface area contributed by atoms with Crippen LogP contribution in [0.4, 0.5) is 4.39 Å². The van der Waals surface area contributed by atoms with E-state index in [1.165, 1.54) is 25.7 Å². The zero-order chi connectivity index (χ0) is 14.6. The Balaban J connectivity index is 1.75. The maximum Gasteiger partial charge on any atom is 0.106 e. The predicted octanol–water partition coefficient (Wildman–Crippen LogP) is 5.37. The minimum Gasteiger partial charge on any atom is -0.378 e. The number of hydrogen-bond acceptors (Lipinski definition) is 2. The molecule has 0 amide bonds. The first-order chi connectivity index (χ1) is 9.62. The first-order valence-corrected chi connectivity index (χ1v) is 9.41. The van der Waals surface area contributed by atoms with Gasteiger partial charge < -0.3 is 4.74 Å². The molecule has 20 heavy (non-hydrogen) atoms. The molecule has 1 aliphatic heterocycles. The van der Waals surface area contributed by atoms with Gasteiger partial charge in [-0.1, -0.05) is 13.8 Å². The van der Waals surface area contributed by atoms with Gasteiger partial charge >= 0.3 is 0 Å². The van der Waals surface area contributed by atoms with Crippen molar-refractivity contribution >= 4 is 11.8 Å². The van der Waals surface area contributed by atoms with Gasteiger partial charge in [-0.25, -0.2) is 4.39 Å². The SMILES string of the molecule is CC[C@H]1CC[C@@H](CC[C@@H]2CCC(CC)(OC)C[C@H]2F)S1. The standard InChI is InChI=1S/C17H31FOS/c1-4-14-8-9-15(20-14)7-6-13-10-11-17(5-2,19-3)12-16(13)18/h13-16H,4-12H2,1-3H3/t13-,14+,15-,16-,17?/m1/s1. The van der Waals surface area contributed by atoms with Gasteiger partial charge in [-0.2, -0.15) is 11.8 Å². The Bertz CT molecular complexity index is 293. The van der Waals surface area contributed by atoms with Crippen LogP contribution in [0.2, 0.25) is 0 Å². The number of hydrogen-bond donors (Lipinski definition) is 0.